The van der Waals surface area contributed by atoms with Crippen molar-refractivity contribution in [2.75, 3.05) is 13.1 Å². The van der Waals surface area contributed by atoms with Gasteiger partial charge in [-0.2, -0.15) is 0 Å². The van der Waals surface area contributed by atoms with E-state index in [4.69, 9.17) is 5.73 Å². The zero-order valence-electron chi connectivity index (χ0n) is 8.10. The predicted octanol–water partition coefficient (Wildman–Crippen LogP) is -0.792. The number of nitrogens with two attached hydrogens (primary N) is 1. The van der Waals surface area contributed by atoms with Gasteiger partial charge in [-0.05, 0) is 0 Å². The molecule has 2 atom stereocenters. The molecule has 76 valence electrons. The van der Waals surface area contributed by atoms with E-state index < -0.39 is 0 Å². The molecule has 1 aliphatic rings. The van der Waals surface area contributed by atoms with Gasteiger partial charge in [0, 0.05) is 37.9 Å². The quantitative estimate of drug-likeness (QED) is 0.648. The predicted molar refractivity (Wildman–Crippen MR) is 51.5 cm³/mol. The Morgan fingerprint density at radius 2 is 2.50 bits per heavy atom. The number of carbonyl (C=O) groups excluding carboxylic acids is 1. The summed E-state index contributed by atoms with van der Waals surface area (Å²) in [6.45, 7) is 1.47. The van der Waals surface area contributed by atoms with Crippen LogP contribution in [-0.2, 0) is 11.8 Å². The van der Waals surface area contributed by atoms with E-state index in [-0.39, 0.29) is 17.7 Å². The lowest BCUT2D eigenvalue weighted by molar-refractivity contribution is -0.121. The molecular formula is C9H14N4O. The number of carbonyl (C=O) groups is 1. The molecule has 3 N–H and O–H groups in total. The van der Waals surface area contributed by atoms with Crippen LogP contribution in [0.2, 0.25) is 0 Å². The number of primary amides is 1. The largest absolute Gasteiger partial charge is 0.369 e. The summed E-state index contributed by atoms with van der Waals surface area (Å²) in [6, 6.07) is 0. The van der Waals surface area contributed by atoms with E-state index >= 15 is 0 Å². The fourth-order valence-corrected chi connectivity index (χ4v) is 2.01. The Bertz CT molecular complexity index is 346. The van der Waals surface area contributed by atoms with E-state index in [0.29, 0.717) is 6.54 Å². The number of imidazole rings is 1. The molecule has 0 radical (unpaired) electrons. The second kappa shape index (κ2) is 3.42. The molecular weight excluding hydrogens is 180 g/mol. The molecule has 0 bridgehead atoms. The minimum Gasteiger partial charge on any atom is -0.369 e. The fourth-order valence-electron chi connectivity index (χ4n) is 2.01. The van der Waals surface area contributed by atoms with E-state index in [0.717, 1.165) is 12.2 Å². The summed E-state index contributed by atoms with van der Waals surface area (Å²) < 4.78 is 1.94. The molecule has 0 spiro atoms. The topological polar surface area (TPSA) is 72.9 Å². The summed E-state index contributed by atoms with van der Waals surface area (Å²) in [5, 5.41) is 3.18. The van der Waals surface area contributed by atoms with Gasteiger partial charge >= 0.3 is 0 Å². The molecule has 1 aromatic heterocycles. The lowest BCUT2D eigenvalue weighted by Gasteiger charge is -2.15. The zero-order valence-corrected chi connectivity index (χ0v) is 8.10. The van der Waals surface area contributed by atoms with Gasteiger partial charge in [0.05, 0.1) is 12.2 Å². The van der Waals surface area contributed by atoms with E-state index in [1.807, 2.05) is 11.6 Å². The highest BCUT2D eigenvalue weighted by Gasteiger charge is 2.33. The summed E-state index contributed by atoms with van der Waals surface area (Å²) in [6.07, 6.45) is 3.54. The molecule has 0 saturated carbocycles. The van der Waals surface area contributed by atoms with Gasteiger partial charge in [0.2, 0.25) is 5.91 Å². The van der Waals surface area contributed by atoms with Crippen LogP contribution in [0.3, 0.4) is 0 Å². The van der Waals surface area contributed by atoms with Gasteiger partial charge < -0.3 is 15.6 Å². The number of aromatic nitrogens is 2. The highest BCUT2D eigenvalue weighted by Crippen LogP contribution is 2.26. The molecule has 2 heterocycles. The van der Waals surface area contributed by atoms with Gasteiger partial charge in [-0.1, -0.05) is 0 Å². The molecule has 0 aromatic carbocycles. The highest BCUT2D eigenvalue weighted by atomic mass is 16.1. The number of hydrogen-bond donors (Lipinski definition) is 2. The van der Waals surface area contributed by atoms with Crippen molar-refractivity contribution >= 4 is 5.91 Å². The van der Waals surface area contributed by atoms with Gasteiger partial charge in [0.1, 0.15) is 0 Å². The highest BCUT2D eigenvalue weighted by molar-refractivity contribution is 5.78. The Labute approximate surface area is 82.3 Å². The number of hydrogen-bond acceptors (Lipinski definition) is 3. The minimum atomic E-state index is -0.235. The van der Waals surface area contributed by atoms with Crippen molar-refractivity contribution in [1.29, 1.82) is 0 Å². The fraction of sp³-hybridized carbons (Fsp3) is 0.556. The summed E-state index contributed by atoms with van der Waals surface area (Å²) in [5.74, 6) is -0.174. The average Bonchev–Trinajstić information content (AvgIpc) is 2.70. The smallest absolute Gasteiger partial charge is 0.222 e. The van der Waals surface area contributed by atoms with Crippen LogP contribution in [0, 0.1) is 5.92 Å². The Hall–Kier alpha value is -1.36. The van der Waals surface area contributed by atoms with Crippen molar-refractivity contribution < 1.29 is 4.79 Å². The monoisotopic (exact) mass is 194 g/mol. The van der Waals surface area contributed by atoms with Crippen LogP contribution in [0.5, 0.6) is 0 Å². The SMILES string of the molecule is Cn1cncc1C1CNCC1C(N)=O. The second-order valence-corrected chi connectivity index (χ2v) is 3.70. The lowest BCUT2D eigenvalue weighted by Crippen LogP contribution is -2.29. The Morgan fingerprint density at radius 1 is 1.71 bits per heavy atom. The van der Waals surface area contributed by atoms with Gasteiger partial charge in [-0.3, -0.25) is 4.79 Å². The normalized spacial score (nSPS) is 26.6. The van der Waals surface area contributed by atoms with Crippen molar-refractivity contribution in [3.05, 3.63) is 18.2 Å². The van der Waals surface area contributed by atoms with E-state index in [1.54, 1.807) is 12.5 Å². The third-order valence-electron chi connectivity index (χ3n) is 2.81. The summed E-state index contributed by atoms with van der Waals surface area (Å²) in [5.41, 5.74) is 6.40. The van der Waals surface area contributed by atoms with Crippen molar-refractivity contribution in [1.82, 2.24) is 14.9 Å². The summed E-state index contributed by atoms with van der Waals surface area (Å²) in [7, 11) is 1.93. The third kappa shape index (κ3) is 1.39. The van der Waals surface area contributed by atoms with E-state index in [2.05, 4.69) is 10.3 Å². The summed E-state index contributed by atoms with van der Waals surface area (Å²) >= 11 is 0. The number of nitrogens with zero attached hydrogens (tertiary/aromatic N) is 2. The molecule has 1 amide bonds. The molecule has 1 aromatic rings. The Balaban J connectivity index is 2.26. The van der Waals surface area contributed by atoms with Crippen molar-refractivity contribution in [3.63, 3.8) is 0 Å². The zero-order chi connectivity index (χ0) is 10.1. The molecule has 1 fully saturated rings. The van der Waals surface area contributed by atoms with Crippen molar-refractivity contribution in [2.45, 2.75) is 5.92 Å². The first kappa shape index (κ1) is 9.21. The van der Waals surface area contributed by atoms with Gasteiger partial charge in [-0.25, -0.2) is 4.98 Å². The van der Waals surface area contributed by atoms with Crippen LogP contribution in [0.1, 0.15) is 11.6 Å². The molecule has 5 heteroatoms. The van der Waals surface area contributed by atoms with Gasteiger partial charge in [-0.15, -0.1) is 0 Å². The van der Waals surface area contributed by atoms with E-state index in [1.165, 1.54) is 0 Å². The Morgan fingerprint density at radius 3 is 3.07 bits per heavy atom. The van der Waals surface area contributed by atoms with Crippen molar-refractivity contribution in [2.24, 2.45) is 18.7 Å². The molecule has 14 heavy (non-hydrogen) atoms. The second-order valence-electron chi connectivity index (χ2n) is 3.70. The van der Waals surface area contributed by atoms with Gasteiger partial charge in [0.15, 0.2) is 0 Å². The van der Waals surface area contributed by atoms with Crippen LogP contribution in [-0.4, -0.2) is 28.5 Å². The average molecular weight is 194 g/mol. The number of aryl methyl sites for hydroxylation is 1. The van der Waals surface area contributed by atoms with Gasteiger partial charge in [0.25, 0.3) is 0 Å². The van der Waals surface area contributed by atoms with E-state index in [9.17, 15) is 4.79 Å². The maximum Gasteiger partial charge on any atom is 0.222 e. The summed E-state index contributed by atoms with van der Waals surface area (Å²) in [4.78, 5) is 15.2. The molecule has 5 nitrogen and oxygen atoms in total. The maximum absolute atomic E-state index is 11.2. The van der Waals surface area contributed by atoms with Crippen LogP contribution >= 0.6 is 0 Å². The molecule has 1 saturated heterocycles. The van der Waals surface area contributed by atoms with Crippen LogP contribution < -0.4 is 11.1 Å². The van der Waals surface area contributed by atoms with Crippen LogP contribution in [0.15, 0.2) is 12.5 Å². The first-order valence-electron chi connectivity index (χ1n) is 4.66. The number of amides is 1. The Kier molecular flexibility index (Phi) is 2.25. The molecule has 0 aliphatic carbocycles. The first-order valence-corrected chi connectivity index (χ1v) is 4.66. The standard InChI is InChI=1S/C9H14N4O/c1-13-5-12-4-8(13)6-2-11-3-7(6)9(10)14/h4-7,11H,2-3H2,1H3,(H2,10,14). The molecule has 1 aliphatic heterocycles. The first-order chi connectivity index (χ1) is 6.70. The lowest BCUT2D eigenvalue weighted by atomic mass is 9.93. The number of nitrogens with one attached hydrogen (secondary N) is 1. The minimum absolute atomic E-state index is 0.106. The maximum atomic E-state index is 11.2. The molecule has 2 unspecified atom stereocenters. The third-order valence-corrected chi connectivity index (χ3v) is 2.81. The molecule has 2 rings (SSSR count). The van der Waals surface area contributed by atoms with Crippen molar-refractivity contribution in [3.8, 4) is 0 Å². The van der Waals surface area contributed by atoms with Crippen LogP contribution in [0.25, 0.3) is 0 Å². The van der Waals surface area contributed by atoms with Crippen LogP contribution in [0.4, 0.5) is 0 Å². The number of rotatable bonds is 2.